The monoisotopic (exact) mass is 406 g/mol. The molecule has 146 valence electrons. The summed E-state index contributed by atoms with van der Waals surface area (Å²) < 4.78 is 7.32. The van der Waals surface area contributed by atoms with E-state index in [4.69, 9.17) is 4.74 Å². The Morgan fingerprint density at radius 1 is 1.10 bits per heavy atom. The van der Waals surface area contributed by atoms with Crippen molar-refractivity contribution in [2.45, 2.75) is 13.0 Å². The van der Waals surface area contributed by atoms with Crippen LogP contribution in [0.4, 0.5) is 5.13 Å². The smallest absolute Gasteiger partial charge is 0.267 e. The van der Waals surface area contributed by atoms with E-state index in [0.717, 1.165) is 21.5 Å². The lowest BCUT2D eigenvalue weighted by atomic mass is 10.1. The van der Waals surface area contributed by atoms with Gasteiger partial charge in [0.25, 0.3) is 11.5 Å². The Morgan fingerprint density at radius 2 is 1.86 bits per heavy atom. The van der Waals surface area contributed by atoms with Crippen molar-refractivity contribution in [2.24, 2.45) is 0 Å². The Balaban J connectivity index is 1.58. The molecule has 0 saturated heterocycles. The predicted octanol–water partition coefficient (Wildman–Crippen LogP) is 3.73. The van der Waals surface area contributed by atoms with Crippen LogP contribution in [0.5, 0.6) is 5.75 Å². The number of fused-ring (bicyclic) bond motifs is 1. The fraction of sp³-hybridized carbons (Fsp3) is 0.143. The van der Waals surface area contributed by atoms with Gasteiger partial charge in [0, 0.05) is 11.6 Å². The van der Waals surface area contributed by atoms with Crippen molar-refractivity contribution in [1.29, 1.82) is 0 Å². The number of ether oxygens (including phenoxy) is 1. The van der Waals surface area contributed by atoms with E-state index in [1.165, 1.54) is 22.1 Å². The molecule has 2 heterocycles. The zero-order chi connectivity index (χ0) is 20.4. The molecule has 29 heavy (non-hydrogen) atoms. The molecule has 1 amide bonds. The van der Waals surface area contributed by atoms with Crippen molar-refractivity contribution < 1.29 is 9.53 Å². The highest BCUT2D eigenvalue weighted by atomic mass is 32.1. The summed E-state index contributed by atoms with van der Waals surface area (Å²) in [5.74, 6) is 0.371. The van der Waals surface area contributed by atoms with Gasteiger partial charge in [0.2, 0.25) is 0 Å². The van der Waals surface area contributed by atoms with E-state index in [1.54, 1.807) is 20.1 Å². The van der Waals surface area contributed by atoms with E-state index in [0.29, 0.717) is 10.8 Å². The van der Waals surface area contributed by atoms with Gasteiger partial charge in [-0.3, -0.25) is 9.59 Å². The van der Waals surface area contributed by atoms with Crippen LogP contribution in [0, 0.1) is 0 Å². The number of aromatic nitrogens is 3. The fourth-order valence-corrected chi connectivity index (χ4v) is 3.73. The lowest BCUT2D eigenvalue weighted by Crippen LogP contribution is -2.33. The van der Waals surface area contributed by atoms with Crippen molar-refractivity contribution in [3.05, 3.63) is 71.0 Å². The van der Waals surface area contributed by atoms with Crippen LogP contribution in [0.25, 0.3) is 21.5 Å². The highest BCUT2D eigenvalue weighted by Crippen LogP contribution is 2.26. The Kier molecular flexibility index (Phi) is 5.09. The van der Waals surface area contributed by atoms with Gasteiger partial charge < -0.3 is 10.1 Å². The number of carbonyl (C=O) groups is 1. The first kappa shape index (κ1) is 18.8. The summed E-state index contributed by atoms with van der Waals surface area (Å²) in [6, 6.07) is 17.2. The second-order valence-electron chi connectivity index (χ2n) is 6.38. The third-order valence-corrected chi connectivity index (χ3v) is 5.43. The molecule has 1 N–H and O–H groups in total. The van der Waals surface area contributed by atoms with Crippen LogP contribution in [0.3, 0.4) is 0 Å². The molecule has 0 aliphatic heterocycles. The zero-order valence-electron chi connectivity index (χ0n) is 15.8. The van der Waals surface area contributed by atoms with Crippen LogP contribution in [-0.4, -0.2) is 27.8 Å². The van der Waals surface area contributed by atoms with Gasteiger partial charge in [-0.15, -0.1) is 0 Å². The van der Waals surface area contributed by atoms with Crippen LogP contribution >= 0.6 is 11.3 Å². The summed E-state index contributed by atoms with van der Waals surface area (Å²) in [6.07, 6.45) is 0. The highest BCUT2D eigenvalue weighted by Gasteiger charge is 2.19. The van der Waals surface area contributed by atoms with Gasteiger partial charge in [0.05, 0.1) is 23.0 Å². The van der Waals surface area contributed by atoms with E-state index >= 15 is 0 Å². The molecular formula is C21H18N4O3S. The minimum atomic E-state index is -0.798. The third-order valence-electron chi connectivity index (χ3n) is 4.48. The fourth-order valence-electron chi connectivity index (χ4n) is 2.87. The molecule has 0 bridgehead atoms. The summed E-state index contributed by atoms with van der Waals surface area (Å²) in [4.78, 5) is 29.4. The van der Waals surface area contributed by atoms with Gasteiger partial charge in [0.15, 0.2) is 5.13 Å². The SMILES string of the molecule is COc1ccc(-c2ccc(=O)n(C(C)C(=O)Nc3nc4ccccc4s3)n2)cc1. The molecule has 4 aromatic rings. The van der Waals surface area contributed by atoms with Gasteiger partial charge in [-0.1, -0.05) is 23.5 Å². The van der Waals surface area contributed by atoms with Gasteiger partial charge in [0.1, 0.15) is 11.8 Å². The van der Waals surface area contributed by atoms with E-state index in [-0.39, 0.29) is 11.5 Å². The van der Waals surface area contributed by atoms with Crippen molar-refractivity contribution in [2.75, 3.05) is 12.4 Å². The first-order chi connectivity index (χ1) is 14.0. The summed E-state index contributed by atoms with van der Waals surface area (Å²) in [7, 11) is 1.60. The number of rotatable bonds is 5. The predicted molar refractivity (Wildman–Crippen MR) is 113 cm³/mol. The lowest BCUT2D eigenvalue weighted by molar-refractivity contribution is -0.119. The molecule has 0 saturated carbocycles. The first-order valence-corrected chi connectivity index (χ1v) is 9.77. The lowest BCUT2D eigenvalue weighted by Gasteiger charge is -2.14. The largest absolute Gasteiger partial charge is 0.497 e. The van der Waals surface area contributed by atoms with E-state index in [9.17, 15) is 9.59 Å². The molecule has 7 nitrogen and oxygen atoms in total. The molecule has 1 atom stereocenters. The summed E-state index contributed by atoms with van der Waals surface area (Å²) in [5, 5.41) is 7.66. The summed E-state index contributed by atoms with van der Waals surface area (Å²) in [6.45, 7) is 1.63. The van der Waals surface area contributed by atoms with Crippen molar-refractivity contribution in [3.63, 3.8) is 0 Å². The number of hydrogen-bond acceptors (Lipinski definition) is 6. The maximum Gasteiger partial charge on any atom is 0.267 e. The third kappa shape index (κ3) is 3.88. The second-order valence-corrected chi connectivity index (χ2v) is 7.41. The number of hydrogen-bond donors (Lipinski definition) is 1. The zero-order valence-corrected chi connectivity index (χ0v) is 16.6. The quantitative estimate of drug-likeness (QED) is 0.546. The van der Waals surface area contributed by atoms with Gasteiger partial charge >= 0.3 is 0 Å². The Morgan fingerprint density at radius 3 is 2.59 bits per heavy atom. The number of carbonyl (C=O) groups excluding carboxylic acids is 1. The van der Waals surface area contributed by atoms with Crippen molar-refractivity contribution in [1.82, 2.24) is 14.8 Å². The number of methoxy groups -OCH3 is 1. The van der Waals surface area contributed by atoms with Crippen LogP contribution in [0.1, 0.15) is 13.0 Å². The van der Waals surface area contributed by atoms with Crippen LogP contribution in [0.2, 0.25) is 0 Å². The number of benzene rings is 2. The average molecular weight is 406 g/mol. The molecule has 0 fully saturated rings. The molecular weight excluding hydrogens is 388 g/mol. The molecule has 2 aromatic carbocycles. The standard InChI is InChI=1S/C21H18N4O3S/c1-13(20(27)23-21-22-17-5-3-4-6-18(17)29-21)25-19(26)12-11-16(24-25)14-7-9-15(28-2)10-8-14/h3-13H,1-2H3,(H,22,23,27). The normalized spacial score (nSPS) is 11.9. The molecule has 4 rings (SSSR count). The molecule has 8 heteroatoms. The van der Waals surface area contributed by atoms with E-state index in [1.807, 2.05) is 48.5 Å². The summed E-state index contributed by atoms with van der Waals surface area (Å²) >= 11 is 1.38. The maximum atomic E-state index is 12.7. The Labute approximate surface area is 170 Å². The minimum Gasteiger partial charge on any atom is -0.497 e. The van der Waals surface area contributed by atoms with Crippen molar-refractivity contribution in [3.8, 4) is 17.0 Å². The molecule has 0 spiro atoms. The van der Waals surface area contributed by atoms with Crippen LogP contribution in [-0.2, 0) is 4.79 Å². The number of amides is 1. The van der Waals surface area contributed by atoms with Crippen LogP contribution < -0.4 is 15.6 Å². The highest BCUT2D eigenvalue weighted by molar-refractivity contribution is 7.22. The van der Waals surface area contributed by atoms with E-state index in [2.05, 4.69) is 15.4 Å². The second kappa shape index (κ2) is 7.84. The molecule has 0 aliphatic carbocycles. The Bertz CT molecular complexity index is 1200. The number of thiazole rings is 1. The minimum absolute atomic E-state index is 0.353. The number of para-hydroxylation sites is 1. The molecule has 0 aliphatic rings. The molecule has 0 radical (unpaired) electrons. The topological polar surface area (TPSA) is 86.1 Å². The van der Waals surface area contributed by atoms with E-state index < -0.39 is 6.04 Å². The molecule has 2 aromatic heterocycles. The van der Waals surface area contributed by atoms with Gasteiger partial charge in [-0.05, 0) is 49.4 Å². The molecule has 1 unspecified atom stereocenters. The number of nitrogens with zero attached hydrogens (tertiary/aromatic N) is 3. The first-order valence-electron chi connectivity index (χ1n) is 8.96. The van der Waals surface area contributed by atoms with Gasteiger partial charge in [-0.25, -0.2) is 9.67 Å². The number of nitrogens with one attached hydrogen (secondary N) is 1. The number of anilines is 1. The Hall–Kier alpha value is -3.52. The van der Waals surface area contributed by atoms with Crippen LogP contribution in [0.15, 0.2) is 65.5 Å². The average Bonchev–Trinajstić information content (AvgIpc) is 3.16. The summed E-state index contributed by atoms with van der Waals surface area (Å²) in [5.41, 5.74) is 1.87. The maximum absolute atomic E-state index is 12.7. The van der Waals surface area contributed by atoms with Crippen molar-refractivity contribution >= 4 is 32.6 Å². The van der Waals surface area contributed by atoms with Gasteiger partial charge in [-0.2, -0.15) is 5.10 Å².